The lowest BCUT2D eigenvalue weighted by Crippen LogP contribution is -2.48. The normalized spacial score (nSPS) is 25.4. The molecule has 4 atom stereocenters. The molecule has 2 aromatic heterocycles. The molecule has 0 unspecified atom stereocenters. The molecule has 7 nitrogen and oxygen atoms in total. The number of phenolic OH excluding ortho intramolecular Hbond substituents is 1. The Balaban J connectivity index is 1.36. The van der Waals surface area contributed by atoms with Crippen LogP contribution in [0.25, 0.3) is 32.9 Å². The standard InChI is InChI=1S/C36H33F5N4O3/c1-2-23-25(38)9-8-19-12-22(46)13-24(29(19)23)32-31(39)33-30-27(14-28(42-33)48-18-36-10-5-11-44(36)16-20(37)15-36)45-21(17-47-35(30)43-32)6-3-4-7-26(45)34(40)41/h1,8-9,12-14,20-21,26,34,46H,3-7,10-11,15-18H2/t20-,21+,26-,36+/m1/s1. The first-order valence-corrected chi connectivity index (χ1v) is 16.3. The van der Waals surface area contributed by atoms with Gasteiger partial charge < -0.3 is 19.5 Å². The average Bonchev–Trinajstić information content (AvgIpc) is 3.43. The summed E-state index contributed by atoms with van der Waals surface area (Å²) in [5.41, 5.74) is -0.952. The third-order valence-corrected chi connectivity index (χ3v) is 10.5. The van der Waals surface area contributed by atoms with Crippen molar-refractivity contribution < 1.29 is 36.5 Å². The number of nitrogens with zero attached hydrogens (tertiary/aromatic N) is 4. The van der Waals surface area contributed by atoms with E-state index in [0.29, 0.717) is 37.6 Å². The molecule has 0 aliphatic carbocycles. The first-order valence-electron chi connectivity index (χ1n) is 16.3. The van der Waals surface area contributed by atoms with Crippen LogP contribution in [0, 0.1) is 24.0 Å². The van der Waals surface area contributed by atoms with Crippen LogP contribution in [-0.4, -0.2) is 76.5 Å². The van der Waals surface area contributed by atoms with Crippen LogP contribution >= 0.6 is 0 Å². The number of phenols is 1. The maximum absolute atomic E-state index is 17.1. The Bertz CT molecular complexity index is 1990. The predicted molar refractivity (Wildman–Crippen MR) is 171 cm³/mol. The Morgan fingerprint density at radius 1 is 1.10 bits per heavy atom. The van der Waals surface area contributed by atoms with Crippen LogP contribution in [0.4, 0.5) is 27.6 Å². The second-order valence-electron chi connectivity index (χ2n) is 13.4. The van der Waals surface area contributed by atoms with Gasteiger partial charge in [-0.2, -0.15) is 0 Å². The number of ether oxygens (including phenoxy) is 2. The van der Waals surface area contributed by atoms with Gasteiger partial charge in [-0.05, 0) is 55.8 Å². The van der Waals surface area contributed by atoms with Crippen LogP contribution in [0.3, 0.4) is 0 Å². The lowest BCUT2D eigenvalue weighted by Gasteiger charge is -2.37. The second kappa shape index (κ2) is 11.7. The van der Waals surface area contributed by atoms with Crippen LogP contribution in [0.1, 0.15) is 50.5 Å². The van der Waals surface area contributed by atoms with Gasteiger partial charge >= 0.3 is 0 Å². The highest BCUT2D eigenvalue weighted by molar-refractivity contribution is 6.04. The van der Waals surface area contributed by atoms with Crippen molar-refractivity contribution in [3.63, 3.8) is 0 Å². The van der Waals surface area contributed by atoms with Crippen molar-refractivity contribution in [3.8, 4) is 41.1 Å². The lowest BCUT2D eigenvalue weighted by molar-refractivity contribution is 0.103. The van der Waals surface area contributed by atoms with Crippen molar-refractivity contribution in [1.29, 1.82) is 0 Å². The molecular formula is C36H33F5N4O3. The van der Waals surface area contributed by atoms with Gasteiger partial charge in [0.25, 0.3) is 6.43 Å². The minimum absolute atomic E-state index is 0.00223. The topological polar surface area (TPSA) is 71.0 Å². The number of halogens is 5. The summed E-state index contributed by atoms with van der Waals surface area (Å²) < 4.78 is 88.5. The molecule has 4 aromatic rings. The molecule has 0 saturated carbocycles. The predicted octanol–water partition coefficient (Wildman–Crippen LogP) is 7.15. The summed E-state index contributed by atoms with van der Waals surface area (Å²) >= 11 is 0. The average molecular weight is 665 g/mol. The molecule has 250 valence electrons. The van der Waals surface area contributed by atoms with Gasteiger partial charge in [0.15, 0.2) is 5.82 Å². The summed E-state index contributed by atoms with van der Waals surface area (Å²) in [7, 11) is 0. The van der Waals surface area contributed by atoms with E-state index < -0.39 is 41.9 Å². The van der Waals surface area contributed by atoms with Gasteiger partial charge in [-0.15, -0.1) is 6.42 Å². The Hall–Kier alpha value is -4.37. The highest BCUT2D eigenvalue weighted by Gasteiger charge is 2.49. The molecule has 3 fully saturated rings. The third-order valence-electron chi connectivity index (χ3n) is 10.5. The number of hydrogen-bond donors (Lipinski definition) is 1. The molecule has 4 aliphatic heterocycles. The first-order chi connectivity index (χ1) is 23.2. The van der Waals surface area contributed by atoms with E-state index in [-0.39, 0.29) is 75.9 Å². The summed E-state index contributed by atoms with van der Waals surface area (Å²) in [6.07, 6.45) is 6.00. The first kappa shape index (κ1) is 30.9. The minimum Gasteiger partial charge on any atom is -0.508 e. The van der Waals surface area contributed by atoms with Crippen molar-refractivity contribution in [2.24, 2.45) is 0 Å². The van der Waals surface area contributed by atoms with E-state index >= 15 is 4.39 Å². The quantitative estimate of drug-likeness (QED) is 0.180. The van der Waals surface area contributed by atoms with Crippen molar-refractivity contribution in [2.45, 2.75) is 75.2 Å². The van der Waals surface area contributed by atoms with E-state index in [0.717, 1.165) is 25.5 Å². The zero-order valence-corrected chi connectivity index (χ0v) is 26.0. The highest BCUT2D eigenvalue weighted by atomic mass is 19.3. The van der Waals surface area contributed by atoms with Gasteiger partial charge in [-0.25, -0.2) is 31.9 Å². The second-order valence-corrected chi connectivity index (χ2v) is 13.4. The minimum atomic E-state index is -2.70. The van der Waals surface area contributed by atoms with Gasteiger partial charge in [-0.1, -0.05) is 24.8 Å². The Morgan fingerprint density at radius 3 is 2.75 bits per heavy atom. The Kier molecular flexibility index (Phi) is 7.51. The molecule has 48 heavy (non-hydrogen) atoms. The summed E-state index contributed by atoms with van der Waals surface area (Å²) in [4.78, 5) is 12.8. The molecule has 1 N–H and O–H groups in total. The number of terminal acetylenes is 1. The highest BCUT2D eigenvalue weighted by Crippen LogP contribution is 2.47. The molecule has 0 radical (unpaired) electrons. The molecule has 0 bridgehead atoms. The Labute approximate surface area is 273 Å². The maximum atomic E-state index is 17.1. The largest absolute Gasteiger partial charge is 0.508 e. The molecule has 2 aromatic carbocycles. The number of benzene rings is 2. The van der Waals surface area contributed by atoms with Gasteiger partial charge in [-0.3, -0.25) is 4.90 Å². The number of fused-ring (bicyclic) bond motifs is 4. The number of anilines is 1. The van der Waals surface area contributed by atoms with Gasteiger partial charge in [0.1, 0.15) is 42.2 Å². The number of alkyl halides is 3. The fourth-order valence-corrected chi connectivity index (χ4v) is 8.41. The van der Waals surface area contributed by atoms with Crippen molar-refractivity contribution in [3.05, 3.63) is 47.5 Å². The zero-order chi connectivity index (χ0) is 33.3. The third kappa shape index (κ3) is 4.88. The molecule has 0 spiro atoms. The molecule has 3 saturated heterocycles. The smallest absolute Gasteiger partial charge is 0.258 e. The maximum Gasteiger partial charge on any atom is 0.258 e. The molecular weight excluding hydrogens is 631 g/mol. The van der Waals surface area contributed by atoms with Gasteiger partial charge in [0, 0.05) is 30.0 Å². The number of pyridine rings is 2. The number of hydrogen-bond acceptors (Lipinski definition) is 7. The van der Waals surface area contributed by atoms with Gasteiger partial charge in [0.2, 0.25) is 11.8 Å². The monoisotopic (exact) mass is 664 g/mol. The number of rotatable bonds is 5. The van der Waals surface area contributed by atoms with Crippen molar-refractivity contribution >= 4 is 27.4 Å². The fourth-order valence-electron chi connectivity index (χ4n) is 8.41. The van der Waals surface area contributed by atoms with Crippen LogP contribution in [0.5, 0.6) is 17.5 Å². The zero-order valence-electron chi connectivity index (χ0n) is 26.0. The Morgan fingerprint density at radius 2 is 1.94 bits per heavy atom. The molecule has 4 aliphatic rings. The number of aromatic hydroxyl groups is 1. The molecule has 12 heteroatoms. The summed E-state index contributed by atoms with van der Waals surface area (Å²) in [6, 6.07) is 5.11. The van der Waals surface area contributed by atoms with Crippen LogP contribution in [-0.2, 0) is 0 Å². The van der Waals surface area contributed by atoms with Crippen molar-refractivity contribution in [1.82, 2.24) is 14.9 Å². The molecule has 8 rings (SSSR count). The molecule has 0 amide bonds. The molecule has 6 heterocycles. The lowest BCUT2D eigenvalue weighted by atomic mass is 9.95. The van der Waals surface area contributed by atoms with E-state index in [1.807, 2.05) is 0 Å². The van der Waals surface area contributed by atoms with Crippen LogP contribution in [0.15, 0.2) is 30.3 Å². The van der Waals surface area contributed by atoms with E-state index in [1.54, 1.807) is 11.0 Å². The summed E-state index contributed by atoms with van der Waals surface area (Å²) in [5, 5.41) is 11.2. The SMILES string of the molecule is C#Cc1c(F)ccc2cc(O)cc(-c3nc4c5c(cc(OC[C@@]67CCCN6C[C@H](F)C7)nc5c3F)N3[C@@H](CCCC[C@@H]3C(F)F)CO4)c12. The summed E-state index contributed by atoms with van der Waals surface area (Å²) in [5.74, 6) is 0.395. The fraction of sp³-hybridized carbons (Fsp3) is 0.444. The van der Waals surface area contributed by atoms with E-state index in [9.17, 15) is 22.7 Å². The number of aromatic nitrogens is 2. The van der Waals surface area contributed by atoms with Crippen LogP contribution in [0.2, 0.25) is 0 Å². The van der Waals surface area contributed by atoms with E-state index in [4.69, 9.17) is 15.9 Å². The van der Waals surface area contributed by atoms with Crippen LogP contribution < -0.4 is 14.4 Å². The van der Waals surface area contributed by atoms with Crippen molar-refractivity contribution in [2.75, 3.05) is 31.2 Å². The van der Waals surface area contributed by atoms with E-state index in [1.165, 1.54) is 18.2 Å². The van der Waals surface area contributed by atoms with E-state index in [2.05, 4.69) is 20.8 Å². The van der Waals surface area contributed by atoms with Gasteiger partial charge in [0.05, 0.1) is 34.3 Å². The summed E-state index contributed by atoms with van der Waals surface area (Å²) in [6.45, 7) is 1.15.